The average Bonchev–Trinajstić information content (AvgIpc) is 2.45. The highest BCUT2D eigenvalue weighted by Crippen LogP contribution is 2.11. The molecule has 0 fully saturated rings. The van der Waals surface area contributed by atoms with Gasteiger partial charge in [0, 0.05) is 32.2 Å². The number of hydrogen-bond donors (Lipinski definition) is 1. The fourth-order valence-corrected chi connectivity index (χ4v) is 1.94. The predicted molar refractivity (Wildman–Crippen MR) is 77.3 cm³/mol. The second-order valence-corrected chi connectivity index (χ2v) is 5.01. The Balaban J connectivity index is 2.71. The van der Waals surface area contributed by atoms with Crippen molar-refractivity contribution < 1.29 is 19.1 Å². The summed E-state index contributed by atoms with van der Waals surface area (Å²) in [4.78, 5) is 26.0. The molecule has 0 aliphatic carbocycles. The molecule has 1 atom stereocenters. The maximum atomic E-state index is 13.6. The van der Waals surface area contributed by atoms with Crippen molar-refractivity contribution in [2.45, 2.75) is 20.4 Å². The zero-order valence-corrected chi connectivity index (χ0v) is 12.5. The Bertz CT molecular complexity index is 507. The fraction of sp³-hybridized carbons (Fsp3) is 0.467. The van der Waals surface area contributed by atoms with E-state index >= 15 is 0 Å². The van der Waals surface area contributed by atoms with E-state index < -0.39 is 11.9 Å². The molecule has 2 amide bonds. The Kier molecular flexibility index (Phi) is 6.14. The van der Waals surface area contributed by atoms with Crippen molar-refractivity contribution in [2.24, 2.45) is 5.92 Å². The molecule has 1 unspecified atom stereocenters. The van der Waals surface area contributed by atoms with E-state index in [1.165, 1.54) is 15.9 Å². The van der Waals surface area contributed by atoms with Gasteiger partial charge in [0.05, 0.1) is 5.92 Å². The van der Waals surface area contributed by atoms with Gasteiger partial charge in [0.25, 0.3) is 0 Å². The lowest BCUT2D eigenvalue weighted by Crippen LogP contribution is -2.43. The van der Waals surface area contributed by atoms with Crippen LogP contribution in [-0.4, -0.2) is 47.0 Å². The van der Waals surface area contributed by atoms with Gasteiger partial charge in [-0.25, -0.2) is 9.18 Å². The average molecular weight is 296 g/mol. The highest BCUT2D eigenvalue weighted by atomic mass is 19.1. The van der Waals surface area contributed by atoms with Crippen LogP contribution in [0.1, 0.15) is 19.4 Å². The minimum Gasteiger partial charge on any atom is -0.481 e. The van der Waals surface area contributed by atoms with Gasteiger partial charge in [-0.1, -0.05) is 25.1 Å². The lowest BCUT2D eigenvalue weighted by atomic mass is 10.1. The van der Waals surface area contributed by atoms with Crippen molar-refractivity contribution in [3.8, 4) is 0 Å². The first-order valence-corrected chi connectivity index (χ1v) is 6.83. The molecule has 0 bridgehead atoms. The smallest absolute Gasteiger partial charge is 0.320 e. The Morgan fingerprint density at radius 3 is 2.48 bits per heavy atom. The molecule has 0 saturated heterocycles. The van der Waals surface area contributed by atoms with Crippen molar-refractivity contribution in [3.63, 3.8) is 0 Å². The molecule has 0 aliphatic rings. The summed E-state index contributed by atoms with van der Waals surface area (Å²) in [5, 5.41) is 8.92. The Hall–Kier alpha value is -2.11. The van der Waals surface area contributed by atoms with Crippen LogP contribution < -0.4 is 0 Å². The van der Waals surface area contributed by atoms with Crippen molar-refractivity contribution in [2.75, 3.05) is 20.1 Å². The van der Waals surface area contributed by atoms with Crippen LogP contribution in [-0.2, 0) is 11.3 Å². The topological polar surface area (TPSA) is 60.9 Å². The number of halogens is 1. The largest absolute Gasteiger partial charge is 0.481 e. The van der Waals surface area contributed by atoms with Crippen molar-refractivity contribution >= 4 is 12.0 Å². The van der Waals surface area contributed by atoms with Crippen LogP contribution in [0.25, 0.3) is 0 Å². The van der Waals surface area contributed by atoms with E-state index in [1.807, 2.05) is 0 Å². The SMILES string of the molecule is CCN(CC(C)C(=O)O)C(=O)N(C)Cc1ccccc1F. The van der Waals surface area contributed by atoms with E-state index in [1.54, 1.807) is 39.1 Å². The standard InChI is InChI=1S/C15H21FN2O3/c1-4-18(9-11(2)14(19)20)15(21)17(3)10-12-7-5-6-8-13(12)16/h5-8,11H,4,9-10H2,1-3H3,(H,19,20). The van der Waals surface area contributed by atoms with Crippen LogP contribution in [0.5, 0.6) is 0 Å². The highest BCUT2D eigenvalue weighted by molar-refractivity contribution is 5.76. The molecule has 0 heterocycles. The first-order valence-electron chi connectivity index (χ1n) is 6.83. The van der Waals surface area contributed by atoms with Gasteiger partial charge in [-0.15, -0.1) is 0 Å². The normalized spacial score (nSPS) is 11.8. The molecule has 1 N–H and O–H groups in total. The van der Waals surface area contributed by atoms with Crippen LogP contribution in [0.15, 0.2) is 24.3 Å². The number of aliphatic carboxylic acids is 1. The van der Waals surface area contributed by atoms with E-state index in [2.05, 4.69) is 0 Å². The number of carboxylic acid groups (broad SMARTS) is 1. The third-order valence-corrected chi connectivity index (χ3v) is 3.26. The second-order valence-electron chi connectivity index (χ2n) is 5.01. The summed E-state index contributed by atoms with van der Waals surface area (Å²) in [6.45, 7) is 4.01. The maximum absolute atomic E-state index is 13.6. The van der Waals surface area contributed by atoms with E-state index in [0.717, 1.165) is 0 Å². The van der Waals surface area contributed by atoms with E-state index in [0.29, 0.717) is 12.1 Å². The minimum absolute atomic E-state index is 0.131. The molecular formula is C15H21FN2O3. The Labute approximate surface area is 124 Å². The zero-order valence-electron chi connectivity index (χ0n) is 12.5. The third kappa shape index (κ3) is 4.73. The highest BCUT2D eigenvalue weighted by Gasteiger charge is 2.22. The fourth-order valence-electron chi connectivity index (χ4n) is 1.94. The monoisotopic (exact) mass is 296 g/mol. The number of amides is 2. The lowest BCUT2D eigenvalue weighted by Gasteiger charge is -2.28. The molecular weight excluding hydrogens is 275 g/mol. The number of hydrogen-bond acceptors (Lipinski definition) is 2. The van der Waals surface area contributed by atoms with Gasteiger partial charge in [0.15, 0.2) is 0 Å². The molecule has 0 saturated carbocycles. The van der Waals surface area contributed by atoms with Crippen molar-refractivity contribution in [1.29, 1.82) is 0 Å². The van der Waals surface area contributed by atoms with Crippen LogP contribution in [0.2, 0.25) is 0 Å². The number of carboxylic acids is 1. The number of urea groups is 1. The van der Waals surface area contributed by atoms with Crippen molar-refractivity contribution in [3.05, 3.63) is 35.6 Å². The molecule has 5 nitrogen and oxygen atoms in total. The van der Waals surface area contributed by atoms with E-state index in [9.17, 15) is 14.0 Å². The number of carbonyl (C=O) groups is 2. The quantitative estimate of drug-likeness (QED) is 0.877. The number of carbonyl (C=O) groups excluding carboxylic acids is 1. The van der Waals surface area contributed by atoms with Gasteiger partial charge >= 0.3 is 12.0 Å². The number of nitrogens with zero attached hydrogens (tertiary/aromatic N) is 2. The van der Waals surface area contributed by atoms with Gasteiger partial charge < -0.3 is 14.9 Å². The first kappa shape index (κ1) is 16.9. The molecule has 1 aromatic carbocycles. The van der Waals surface area contributed by atoms with Gasteiger partial charge in [-0.3, -0.25) is 4.79 Å². The summed E-state index contributed by atoms with van der Waals surface area (Å²) in [5.41, 5.74) is 0.427. The van der Waals surface area contributed by atoms with Gasteiger partial charge in [-0.05, 0) is 13.0 Å². The van der Waals surface area contributed by atoms with Crippen LogP contribution in [0, 0.1) is 11.7 Å². The number of rotatable bonds is 6. The summed E-state index contributed by atoms with van der Waals surface area (Å²) in [5.74, 6) is -1.95. The lowest BCUT2D eigenvalue weighted by molar-refractivity contribution is -0.141. The molecule has 0 spiro atoms. The Morgan fingerprint density at radius 2 is 1.95 bits per heavy atom. The van der Waals surface area contributed by atoms with Crippen LogP contribution >= 0.6 is 0 Å². The van der Waals surface area contributed by atoms with E-state index in [4.69, 9.17) is 5.11 Å². The predicted octanol–water partition coefficient (Wildman–Crippen LogP) is 2.42. The molecule has 21 heavy (non-hydrogen) atoms. The van der Waals surface area contributed by atoms with Gasteiger partial charge in [0.2, 0.25) is 0 Å². The summed E-state index contributed by atoms with van der Waals surface area (Å²) < 4.78 is 13.6. The molecule has 116 valence electrons. The molecule has 1 rings (SSSR count). The summed E-state index contributed by atoms with van der Waals surface area (Å²) in [6.07, 6.45) is 0. The summed E-state index contributed by atoms with van der Waals surface area (Å²) >= 11 is 0. The summed E-state index contributed by atoms with van der Waals surface area (Å²) in [7, 11) is 1.57. The molecule has 0 aromatic heterocycles. The minimum atomic E-state index is -0.946. The zero-order chi connectivity index (χ0) is 16.0. The molecule has 0 aliphatic heterocycles. The first-order chi connectivity index (χ1) is 9.86. The van der Waals surface area contributed by atoms with Gasteiger partial charge in [0.1, 0.15) is 5.82 Å². The number of benzene rings is 1. The Morgan fingerprint density at radius 1 is 1.33 bits per heavy atom. The van der Waals surface area contributed by atoms with E-state index in [-0.39, 0.29) is 24.9 Å². The van der Waals surface area contributed by atoms with Gasteiger partial charge in [-0.2, -0.15) is 0 Å². The maximum Gasteiger partial charge on any atom is 0.320 e. The second kappa shape index (κ2) is 7.61. The van der Waals surface area contributed by atoms with Crippen LogP contribution in [0.4, 0.5) is 9.18 Å². The molecule has 6 heteroatoms. The molecule has 0 radical (unpaired) electrons. The van der Waals surface area contributed by atoms with Crippen LogP contribution in [0.3, 0.4) is 0 Å². The third-order valence-electron chi connectivity index (χ3n) is 3.26. The van der Waals surface area contributed by atoms with Crippen molar-refractivity contribution in [1.82, 2.24) is 9.80 Å². The molecule has 1 aromatic rings. The summed E-state index contributed by atoms with van der Waals surface area (Å²) in [6, 6.07) is 5.95.